The quantitative estimate of drug-likeness (QED) is 0.608. The van der Waals surface area contributed by atoms with Gasteiger partial charge in [-0.05, 0) is 32.2 Å². The molecule has 0 N–H and O–H groups in total. The lowest BCUT2D eigenvalue weighted by molar-refractivity contribution is 0.0526. The summed E-state index contributed by atoms with van der Waals surface area (Å²) in [6, 6.07) is 7.62. The zero-order chi connectivity index (χ0) is 13.1. The Morgan fingerprint density at radius 1 is 1.35 bits per heavy atom. The van der Waals surface area contributed by atoms with Crippen LogP contribution in [0.3, 0.4) is 0 Å². The van der Waals surface area contributed by atoms with Crippen LogP contribution in [0, 0.1) is 0 Å². The van der Waals surface area contributed by atoms with Crippen LogP contribution in [0.15, 0.2) is 24.3 Å². The Bertz CT molecular complexity index is 399. The van der Waals surface area contributed by atoms with E-state index >= 15 is 0 Å². The molecule has 0 aliphatic carbocycles. The summed E-state index contributed by atoms with van der Waals surface area (Å²) >= 11 is 0. The number of nitrogens with zero attached hydrogens (tertiary/aromatic N) is 1. The SMILES string of the molecule is CCOC(=O)c1cccc(N(C)[Si](C)(C)C)c1. The Hall–Kier alpha value is -1.29. The Kier molecular flexibility index (Phi) is 4.34. The molecule has 0 heterocycles. The third-order valence-electron chi connectivity index (χ3n) is 2.75. The van der Waals surface area contributed by atoms with Gasteiger partial charge in [0.1, 0.15) is 8.24 Å². The van der Waals surface area contributed by atoms with Crippen LogP contribution in [0.5, 0.6) is 0 Å². The number of ether oxygens (including phenoxy) is 1. The highest BCUT2D eigenvalue weighted by molar-refractivity contribution is 6.79. The van der Waals surface area contributed by atoms with Gasteiger partial charge in [-0.15, -0.1) is 0 Å². The van der Waals surface area contributed by atoms with Gasteiger partial charge in [0, 0.05) is 5.69 Å². The van der Waals surface area contributed by atoms with Crippen LogP contribution < -0.4 is 4.57 Å². The minimum absolute atomic E-state index is 0.252. The fourth-order valence-electron chi connectivity index (χ4n) is 1.44. The second-order valence-electron chi connectivity index (χ2n) is 5.00. The van der Waals surface area contributed by atoms with Crippen LogP contribution in [0.2, 0.25) is 19.6 Å². The molecule has 0 spiro atoms. The van der Waals surface area contributed by atoms with Gasteiger partial charge in [-0.1, -0.05) is 25.7 Å². The summed E-state index contributed by atoms with van der Waals surface area (Å²) in [4.78, 5) is 11.6. The summed E-state index contributed by atoms with van der Waals surface area (Å²) in [5.74, 6) is -0.252. The summed E-state index contributed by atoms with van der Waals surface area (Å²) in [5.41, 5.74) is 1.70. The van der Waals surface area contributed by atoms with Crippen molar-refractivity contribution in [1.29, 1.82) is 0 Å². The topological polar surface area (TPSA) is 29.5 Å². The number of carbonyl (C=O) groups excluding carboxylic acids is 1. The molecule has 17 heavy (non-hydrogen) atoms. The first kappa shape index (κ1) is 13.8. The number of hydrogen-bond donors (Lipinski definition) is 0. The Morgan fingerprint density at radius 3 is 2.53 bits per heavy atom. The van der Waals surface area contributed by atoms with Gasteiger partial charge in [-0.2, -0.15) is 0 Å². The maximum atomic E-state index is 11.6. The molecule has 3 nitrogen and oxygen atoms in total. The number of rotatable bonds is 4. The molecule has 0 atom stereocenters. The number of anilines is 1. The van der Waals surface area contributed by atoms with Crippen LogP contribution in [-0.2, 0) is 4.74 Å². The lowest BCUT2D eigenvalue weighted by Gasteiger charge is -2.32. The smallest absolute Gasteiger partial charge is 0.338 e. The molecule has 0 unspecified atom stereocenters. The Balaban J connectivity index is 2.97. The molecule has 0 saturated heterocycles. The average molecular weight is 251 g/mol. The highest BCUT2D eigenvalue weighted by Crippen LogP contribution is 2.21. The molecule has 94 valence electrons. The van der Waals surface area contributed by atoms with Crippen molar-refractivity contribution in [2.45, 2.75) is 26.6 Å². The van der Waals surface area contributed by atoms with Gasteiger partial charge in [-0.25, -0.2) is 4.79 Å². The summed E-state index contributed by atoms with van der Waals surface area (Å²) in [5, 5.41) is 0. The molecule has 0 saturated carbocycles. The van der Waals surface area contributed by atoms with Crippen LogP contribution in [0.4, 0.5) is 5.69 Å². The van der Waals surface area contributed by atoms with E-state index in [4.69, 9.17) is 4.74 Å². The van der Waals surface area contributed by atoms with E-state index in [1.54, 1.807) is 6.07 Å². The fourth-order valence-corrected chi connectivity index (χ4v) is 2.36. The first-order valence-corrected chi connectivity index (χ1v) is 9.32. The van der Waals surface area contributed by atoms with Gasteiger partial charge >= 0.3 is 5.97 Å². The van der Waals surface area contributed by atoms with Crippen molar-refractivity contribution in [2.24, 2.45) is 0 Å². The van der Waals surface area contributed by atoms with E-state index in [0.29, 0.717) is 12.2 Å². The first-order chi connectivity index (χ1) is 7.86. The van der Waals surface area contributed by atoms with Gasteiger partial charge in [0.2, 0.25) is 0 Å². The monoisotopic (exact) mass is 251 g/mol. The normalized spacial score (nSPS) is 11.1. The molecular formula is C13H21NO2Si. The van der Waals surface area contributed by atoms with Crippen molar-refractivity contribution in [3.05, 3.63) is 29.8 Å². The van der Waals surface area contributed by atoms with E-state index in [9.17, 15) is 4.79 Å². The minimum atomic E-state index is -1.40. The van der Waals surface area contributed by atoms with E-state index in [-0.39, 0.29) is 5.97 Å². The van der Waals surface area contributed by atoms with E-state index in [1.165, 1.54) is 0 Å². The highest BCUT2D eigenvalue weighted by Gasteiger charge is 2.21. The standard InChI is InChI=1S/C13H21NO2Si/c1-6-16-13(15)11-8-7-9-12(10-11)14(2)17(3,4)5/h7-10H,6H2,1-5H3. The molecule has 0 aliphatic heterocycles. The molecule has 4 heteroatoms. The van der Waals surface area contributed by atoms with E-state index in [2.05, 4.69) is 31.3 Å². The van der Waals surface area contributed by atoms with Crippen molar-refractivity contribution < 1.29 is 9.53 Å². The van der Waals surface area contributed by atoms with Crippen molar-refractivity contribution in [2.75, 3.05) is 18.2 Å². The molecule has 1 aromatic rings. The predicted octanol–water partition coefficient (Wildman–Crippen LogP) is 3.13. The zero-order valence-electron chi connectivity index (χ0n) is 11.3. The molecule has 0 radical (unpaired) electrons. The van der Waals surface area contributed by atoms with Gasteiger partial charge in [0.25, 0.3) is 0 Å². The zero-order valence-corrected chi connectivity index (χ0v) is 12.3. The van der Waals surface area contributed by atoms with Crippen LogP contribution in [0.25, 0.3) is 0 Å². The summed E-state index contributed by atoms with van der Waals surface area (Å²) in [6.45, 7) is 9.03. The van der Waals surface area contributed by atoms with E-state index < -0.39 is 8.24 Å². The van der Waals surface area contributed by atoms with Gasteiger partial charge < -0.3 is 9.30 Å². The third-order valence-corrected chi connectivity index (χ3v) is 5.02. The summed E-state index contributed by atoms with van der Waals surface area (Å²) < 4.78 is 7.28. The number of benzene rings is 1. The van der Waals surface area contributed by atoms with E-state index in [1.807, 2.05) is 25.1 Å². The van der Waals surface area contributed by atoms with Crippen LogP contribution in [-0.4, -0.2) is 27.9 Å². The largest absolute Gasteiger partial charge is 0.462 e. The average Bonchev–Trinajstić information content (AvgIpc) is 2.27. The molecule has 0 aromatic heterocycles. The maximum Gasteiger partial charge on any atom is 0.338 e. The van der Waals surface area contributed by atoms with Crippen molar-refractivity contribution >= 4 is 19.9 Å². The molecular weight excluding hydrogens is 230 g/mol. The van der Waals surface area contributed by atoms with Gasteiger partial charge in [0.05, 0.1) is 12.2 Å². The fraction of sp³-hybridized carbons (Fsp3) is 0.462. The lowest BCUT2D eigenvalue weighted by Crippen LogP contribution is -2.43. The van der Waals surface area contributed by atoms with Crippen molar-refractivity contribution in [3.63, 3.8) is 0 Å². The number of esters is 1. The third kappa shape index (κ3) is 3.59. The van der Waals surface area contributed by atoms with Crippen LogP contribution >= 0.6 is 0 Å². The molecule has 0 fully saturated rings. The maximum absolute atomic E-state index is 11.6. The van der Waals surface area contributed by atoms with Gasteiger partial charge in [0.15, 0.2) is 0 Å². The molecule has 0 bridgehead atoms. The predicted molar refractivity (Wildman–Crippen MR) is 74.1 cm³/mol. The molecule has 1 aromatic carbocycles. The number of carbonyl (C=O) groups is 1. The summed E-state index contributed by atoms with van der Waals surface area (Å²) in [7, 11) is 0.683. The van der Waals surface area contributed by atoms with Crippen molar-refractivity contribution in [3.8, 4) is 0 Å². The molecule has 1 rings (SSSR count). The minimum Gasteiger partial charge on any atom is -0.462 e. The van der Waals surface area contributed by atoms with Crippen LogP contribution in [0.1, 0.15) is 17.3 Å². The second kappa shape index (κ2) is 5.36. The molecule has 0 amide bonds. The Morgan fingerprint density at radius 2 is 2.00 bits per heavy atom. The van der Waals surface area contributed by atoms with Gasteiger partial charge in [-0.3, -0.25) is 0 Å². The summed E-state index contributed by atoms with van der Waals surface area (Å²) in [6.07, 6.45) is 0. The lowest BCUT2D eigenvalue weighted by atomic mass is 10.2. The van der Waals surface area contributed by atoms with Crippen molar-refractivity contribution in [1.82, 2.24) is 0 Å². The highest BCUT2D eigenvalue weighted by atomic mass is 28.3. The molecule has 0 aliphatic rings. The Labute approximate surface area is 104 Å². The first-order valence-electron chi connectivity index (χ1n) is 5.87. The second-order valence-corrected chi connectivity index (χ2v) is 10.0. The van der Waals surface area contributed by atoms with E-state index in [0.717, 1.165) is 5.69 Å². The number of hydrogen-bond acceptors (Lipinski definition) is 3.